The predicted molar refractivity (Wildman–Crippen MR) is 125 cm³/mol. The van der Waals surface area contributed by atoms with Crippen LogP contribution in [-0.2, 0) is 11.2 Å². The van der Waals surface area contributed by atoms with Gasteiger partial charge in [0.2, 0.25) is 5.91 Å². The minimum absolute atomic E-state index is 0.0442. The van der Waals surface area contributed by atoms with E-state index in [4.69, 9.17) is 0 Å². The topological polar surface area (TPSA) is 77.6 Å². The minimum Gasteiger partial charge on any atom is -0.342 e. The van der Waals surface area contributed by atoms with E-state index in [2.05, 4.69) is 32.7 Å². The molecule has 0 aromatic carbocycles. The summed E-state index contributed by atoms with van der Waals surface area (Å²) in [6.07, 6.45) is 14.2. The van der Waals surface area contributed by atoms with Gasteiger partial charge in [0.25, 0.3) is 0 Å². The van der Waals surface area contributed by atoms with Gasteiger partial charge in [-0.2, -0.15) is 0 Å². The van der Waals surface area contributed by atoms with Gasteiger partial charge in [0.05, 0.1) is 0 Å². The molecular formula is C25H39N5O2. The van der Waals surface area contributed by atoms with Gasteiger partial charge < -0.3 is 20.4 Å². The molecule has 0 spiro atoms. The smallest absolute Gasteiger partial charge is 0.315 e. The molecule has 32 heavy (non-hydrogen) atoms. The van der Waals surface area contributed by atoms with E-state index in [9.17, 15) is 9.59 Å². The number of urea groups is 1. The molecule has 7 heteroatoms. The first-order valence-corrected chi connectivity index (χ1v) is 12.6. The normalized spacial score (nSPS) is 21.9. The Labute approximate surface area is 192 Å². The van der Waals surface area contributed by atoms with Gasteiger partial charge >= 0.3 is 6.03 Å². The van der Waals surface area contributed by atoms with Crippen molar-refractivity contribution >= 4 is 11.9 Å². The second kappa shape index (κ2) is 11.6. The molecule has 0 unspecified atom stereocenters. The third-order valence-electron chi connectivity index (χ3n) is 7.49. The van der Waals surface area contributed by atoms with Gasteiger partial charge in [0.1, 0.15) is 0 Å². The van der Waals surface area contributed by atoms with Crippen LogP contribution in [0.25, 0.3) is 0 Å². The number of pyridine rings is 1. The van der Waals surface area contributed by atoms with Crippen LogP contribution in [0.5, 0.6) is 0 Å². The molecule has 2 saturated heterocycles. The number of aromatic nitrogens is 1. The van der Waals surface area contributed by atoms with Crippen molar-refractivity contribution in [3.8, 4) is 0 Å². The maximum Gasteiger partial charge on any atom is 0.315 e. The molecule has 2 N–H and O–H groups in total. The number of amides is 3. The lowest BCUT2D eigenvalue weighted by Crippen LogP contribution is -2.53. The predicted octanol–water partition coefficient (Wildman–Crippen LogP) is 2.96. The molecule has 0 radical (unpaired) electrons. The number of likely N-dealkylation sites (tertiary alicyclic amines) is 2. The zero-order valence-electron chi connectivity index (χ0n) is 19.3. The van der Waals surface area contributed by atoms with Crippen LogP contribution in [0, 0.1) is 5.92 Å². The summed E-state index contributed by atoms with van der Waals surface area (Å²) in [7, 11) is 0. The van der Waals surface area contributed by atoms with Crippen molar-refractivity contribution in [2.45, 2.75) is 76.3 Å². The van der Waals surface area contributed by atoms with Crippen molar-refractivity contribution in [3.63, 3.8) is 0 Å². The van der Waals surface area contributed by atoms with Crippen LogP contribution in [0.3, 0.4) is 0 Å². The third kappa shape index (κ3) is 6.67. The average molecular weight is 442 g/mol. The summed E-state index contributed by atoms with van der Waals surface area (Å²) in [4.78, 5) is 33.8. The van der Waals surface area contributed by atoms with Gasteiger partial charge in [0, 0.05) is 63.1 Å². The highest BCUT2D eigenvalue weighted by Crippen LogP contribution is 2.26. The minimum atomic E-state index is -0.0442. The summed E-state index contributed by atoms with van der Waals surface area (Å²) in [6.45, 7) is 4.66. The van der Waals surface area contributed by atoms with Crippen molar-refractivity contribution in [2.75, 3.05) is 32.7 Å². The van der Waals surface area contributed by atoms with Crippen LogP contribution in [0.4, 0.5) is 4.79 Å². The van der Waals surface area contributed by atoms with Gasteiger partial charge in [-0.3, -0.25) is 9.78 Å². The molecule has 1 aromatic rings. The second-order valence-electron chi connectivity index (χ2n) is 9.77. The van der Waals surface area contributed by atoms with E-state index in [0.29, 0.717) is 5.91 Å². The number of piperidine rings is 2. The third-order valence-corrected chi connectivity index (χ3v) is 7.49. The van der Waals surface area contributed by atoms with Crippen LogP contribution < -0.4 is 10.6 Å². The maximum absolute atomic E-state index is 12.7. The lowest BCUT2D eigenvalue weighted by atomic mass is 9.87. The summed E-state index contributed by atoms with van der Waals surface area (Å²) in [5.74, 6) is 0.593. The van der Waals surface area contributed by atoms with E-state index < -0.39 is 0 Å². The standard InChI is InChI=1S/C25H39N5O2/c31-24(21-4-2-1-3-5-21)30-18-11-23(12-19-30)28-25(32)27-22-9-16-29(17-10-22)15-8-20-6-13-26-14-7-20/h6-7,13-14,21-23H,1-5,8-12,15-19H2,(H2,27,28,32). The Morgan fingerprint density at radius 1 is 0.844 bits per heavy atom. The van der Waals surface area contributed by atoms with E-state index >= 15 is 0 Å². The van der Waals surface area contributed by atoms with Crippen molar-refractivity contribution in [1.29, 1.82) is 0 Å². The van der Waals surface area contributed by atoms with Crippen LogP contribution >= 0.6 is 0 Å². The Kier molecular flexibility index (Phi) is 8.37. The summed E-state index contributed by atoms with van der Waals surface area (Å²) >= 11 is 0. The van der Waals surface area contributed by atoms with Crippen LogP contribution in [0.15, 0.2) is 24.5 Å². The quantitative estimate of drug-likeness (QED) is 0.712. The van der Waals surface area contributed by atoms with Crippen LogP contribution in [0.2, 0.25) is 0 Å². The summed E-state index contributed by atoms with van der Waals surface area (Å²) in [5.41, 5.74) is 1.33. The van der Waals surface area contributed by atoms with Crippen molar-refractivity contribution in [1.82, 2.24) is 25.4 Å². The summed E-state index contributed by atoms with van der Waals surface area (Å²) < 4.78 is 0. The van der Waals surface area contributed by atoms with Crippen molar-refractivity contribution in [3.05, 3.63) is 30.1 Å². The molecule has 4 rings (SSSR count). The van der Waals surface area contributed by atoms with Crippen molar-refractivity contribution < 1.29 is 9.59 Å². The van der Waals surface area contributed by atoms with Gasteiger partial charge in [0.15, 0.2) is 0 Å². The zero-order chi connectivity index (χ0) is 22.2. The summed E-state index contributed by atoms with van der Waals surface area (Å²) in [5, 5.41) is 6.34. The molecule has 0 atom stereocenters. The average Bonchev–Trinajstić information content (AvgIpc) is 2.85. The molecule has 3 aliphatic rings. The number of carbonyl (C=O) groups is 2. The Balaban J connectivity index is 1.10. The monoisotopic (exact) mass is 441 g/mol. The van der Waals surface area contributed by atoms with E-state index in [-0.39, 0.29) is 24.0 Å². The molecule has 0 bridgehead atoms. The molecule has 176 valence electrons. The molecule has 7 nitrogen and oxygen atoms in total. The highest BCUT2D eigenvalue weighted by atomic mass is 16.2. The van der Waals surface area contributed by atoms with Crippen LogP contribution in [0.1, 0.15) is 63.4 Å². The Morgan fingerprint density at radius 2 is 1.44 bits per heavy atom. The first kappa shape index (κ1) is 23.0. The lowest BCUT2D eigenvalue weighted by molar-refractivity contribution is -0.137. The van der Waals surface area contributed by atoms with Gasteiger partial charge in [-0.25, -0.2) is 4.79 Å². The SMILES string of the molecule is O=C(NC1CCN(CCc2ccncc2)CC1)NC1CCN(C(=O)C2CCCCC2)CC1. The lowest BCUT2D eigenvalue weighted by Gasteiger charge is -2.36. The molecule has 3 amide bonds. The number of carbonyl (C=O) groups excluding carboxylic acids is 2. The second-order valence-corrected chi connectivity index (χ2v) is 9.77. The molecule has 1 saturated carbocycles. The first-order chi connectivity index (χ1) is 15.7. The Hall–Kier alpha value is -2.15. The molecule has 1 aliphatic carbocycles. The highest BCUT2D eigenvalue weighted by Gasteiger charge is 2.30. The van der Waals surface area contributed by atoms with E-state index in [0.717, 1.165) is 77.7 Å². The molecule has 3 fully saturated rings. The fourth-order valence-electron chi connectivity index (χ4n) is 5.40. The number of nitrogens with zero attached hydrogens (tertiary/aromatic N) is 3. The number of rotatable bonds is 6. The Bertz CT molecular complexity index is 721. The fourth-order valence-corrected chi connectivity index (χ4v) is 5.40. The van der Waals surface area contributed by atoms with Crippen molar-refractivity contribution in [2.24, 2.45) is 5.92 Å². The van der Waals surface area contributed by atoms with E-state index in [1.54, 1.807) is 0 Å². The van der Waals surface area contributed by atoms with Gasteiger partial charge in [-0.05, 0) is 62.6 Å². The molecule has 3 heterocycles. The molecule has 1 aromatic heterocycles. The summed E-state index contributed by atoms with van der Waals surface area (Å²) in [6, 6.07) is 4.53. The van der Waals surface area contributed by atoms with E-state index in [1.807, 2.05) is 17.3 Å². The molecule has 2 aliphatic heterocycles. The first-order valence-electron chi connectivity index (χ1n) is 12.6. The maximum atomic E-state index is 12.7. The van der Waals surface area contributed by atoms with Gasteiger partial charge in [-0.1, -0.05) is 19.3 Å². The number of hydrogen-bond acceptors (Lipinski definition) is 4. The fraction of sp³-hybridized carbons (Fsp3) is 0.720. The largest absolute Gasteiger partial charge is 0.342 e. The molecular weight excluding hydrogens is 402 g/mol. The van der Waals surface area contributed by atoms with Crippen LogP contribution in [-0.4, -0.2) is 71.5 Å². The highest BCUT2D eigenvalue weighted by molar-refractivity contribution is 5.79. The zero-order valence-corrected chi connectivity index (χ0v) is 19.3. The Morgan fingerprint density at radius 3 is 2.06 bits per heavy atom. The number of hydrogen-bond donors (Lipinski definition) is 2. The van der Waals surface area contributed by atoms with Gasteiger partial charge in [-0.15, -0.1) is 0 Å². The van der Waals surface area contributed by atoms with E-state index in [1.165, 1.54) is 24.8 Å². The number of nitrogens with one attached hydrogen (secondary N) is 2.